The molecule has 0 aliphatic carbocycles. The summed E-state index contributed by atoms with van der Waals surface area (Å²) in [4.78, 5) is 24.1. The third kappa shape index (κ3) is 4.63. The molecule has 0 aliphatic heterocycles. The van der Waals surface area contributed by atoms with Gasteiger partial charge in [0.2, 0.25) is 5.91 Å². The maximum absolute atomic E-state index is 12.4. The Hall–Kier alpha value is -3.36. The Balaban J connectivity index is 1.78. The first-order valence-corrected chi connectivity index (χ1v) is 7.88. The van der Waals surface area contributed by atoms with E-state index in [9.17, 15) is 22.8 Å². The molecule has 0 spiro atoms. The molecule has 0 unspecified atom stereocenters. The zero-order valence-corrected chi connectivity index (χ0v) is 13.8. The number of hydrogen-bond donors (Lipinski definition) is 2. The van der Waals surface area contributed by atoms with Crippen molar-refractivity contribution in [2.75, 3.05) is 11.9 Å². The van der Waals surface area contributed by atoms with Crippen molar-refractivity contribution in [3.63, 3.8) is 0 Å². The second-order valence-corrected chi connectivity index (χ2v) is 5.67. The van der Waals surface area contributed by atoms with Gasteiger partial charge in [0.25, 0.3) is 5.56 Å². The van der Waals surface area contributed by atoms with Crippen molar-refractivity contribution in [3.8, 4) is 5.75 Å². The number of para-hydroxylation sites is 2. The highest BCUT2D eigenvalue weighted by atomic mass is 19.4. The number of benzene rings is 2. The smallest absolute Gasteiger partial charge is 0.422 e. The van der Waals surface area contributed by atoms with E-state index in [-0.39, 0.29) is 23.4 Å². The molecule has 140 valence electrons. The van der Waals surface area contributed by atoms with E-state index in [2.05, 4.69) is 15.5 Å². The van der Waals surface area contributed by atoms with Crippen molar-refractivity contribution in [1.29, 1.82) is 0 Å². The van der Waals surface area contributed by atoms with Gasteiger partial charge in [-0.2, -0.15) is 18.3 Å². The highest BCUT2D eigenvalue weighted by Gasteiger charge is 2.28. The van der Waals surface area contributed by atoms with Crippen LogP contribution in [0, 0.1) is 0 Å². The molecule has 0 bridgehead atoms. The first-order chi connectivity index (χ1) is 12.8. The minimum Gasteiger partial charge on any atom is -0.482 e. The number of ether oxygens (including phenoxy) is 1. The molecular weight excluding hydrogens is 363 g/mol. The first-order valence-electron chi connectivity index (χ1n) is 7.88. The van der Waals surface area contributed by atoms with Gasteiger partial charge in [-0.3, -0.25) is 9.59 Å². The number of nitrogens with one attached hydrogen (secondary N) is 2. The van der Waals surface area contributed by atoms with E-state index in [4.69, 9.17) is 4.74 Å². The van der Waals surface area contributed by atoms with Crippen molar-refractivity contribution < 1.29 is 22.7 Å². The fourth-order valence-corrected chi connectivity index (χ4v) is 2.51. The van der Waals surface area contributed by atoms with Crippen LogP contribution >= 0.6 is 0 Å². The van der Waals surface area contributed by atoms with E-state index in [0.29, 0.717) is 16.5 Å². The number of alkyl halides is 3. The summed E-state index contributed by atoms with van der Waals surface area (Å²) < 4.78 is 41.8. The van der Waals surface area contributed by atoms with Gasteiger partial charge in [0, 0.05) is 5.39 Å². The van der Waals surface area contributed by atoms with Gasteiger partial charge in [0.05, 0.1) is 23.2 Å². The zero-order valence-electron chi connectivity index (χ0n) is 13.8. The minimum atomic E-state index is -4.49. The van der Waals surface area contributed by atoms with E-state index in [1.807, 2.05) is 0 Å². The molecule has 2 N–H and O–H groups in total. The van der Waals surface area contributed by atoms with Crippen LogP contribution in [0.2, 0.25) is 0 Å². The molecule has 6 nitrogen and oxygen atoms in total. The molecular formula is C18H14F3N3O3. The lowest BCUT2D eigenvalue weighted by Crippen LogP contribution is -2.21. The van der Waals surface area contributed by atoms with Gasteiger partial charge < -0.3 is 10.1 Å². The summed E-state index contributed by atoms with van der Waals surface area (Å²) in [6.45, 7) is -1.47. The van der Waals surface area contributed by atoms with Crippen LogP contribution in [0.3, 0.4) is 0 Å². The van der Waals surface area contributed by atoms with Crippen LogP contribution < -0.4 is 15.6 Å². The monoisotopic (exact) mass is 377 g/mol. The zero-order chi connectivity index (χ0) is 19.4. The highest BCUT2D eigenvalue weighted by molar-refractivity contribution is 5.96. The predicted octanol–water partition coefficient (Wildman–Crippen LogP) is 3.05. The van der Waals surface area contributed by atoms with Crippen LogP contribution in [0.25, 0.3) is 10.8 Å². The molecule has 0 saturated carbocycles. The maximum Gasteiger partial charge on any atom is 0.422 e. The van der Waals surface area contributed by atoms with Crippen LogP contribution in [-0.4, -0.2) is 28.9 Å². The van der Waals surface area contributed by atoms with Crippen molar-refractivity contribution in [2.24, 2.45) is 0 Å². The van der Waals surface area contributed by atoms with Gasteiger partial charge in [-0.25, -0.2) is 5.10 Å². The molecule has 3 aromatic rings. The highest BCUT2D eigenvalue weighted by Crippen LogP contribution is 2.26. The molecule has 1 aromatic heterocycles. The van der Waals surface area contributed by atoms with Crippen LogP contribution in [0.15, 0.2) is 53.3 Å². The van der Waals surface area contributed by atoms with Gasteiger partial charge in [0.1, 0.15) is 5.75 Å². The molecule has 0 saturated heterocycles. The van der Waals surface area contributed by atoms with Gasteiger partial charge >= 0.3 is 6.18 Å². The van der Waals surface area contributed by atoms with Crippen LogP contribution in [0.1, 0.15) is 5.69 Å². The molecule has 3 rings (SSSR count). The Bertz CT molecular complexity index is 1030. The molecule has 9 heteroatoms. The number of fused-ring (bicyclic) bond motifs is 1. The quantitative estimate of drug-likeness (QED) is 0.716. The minimum absolute atomic E-state index is 0.0949. The van der Waals surface area contributed by atoms with E-state index < -0.39 is 18.7 Å². The normalized spacial score (nSPS) is 11.4. The first kappa shape index (κ1) is 18.4. The Morgan fingerprint density at radius 1 is 1.07 bits per heavy atom. The Morgan fingerprint density at radius 2 is 1.74 bits per heavy atom. The van der Waals surface area contributed by atoms with E-state index in [1.54, 1.807) is 30.3 Å². The van der Waals surface area contributed by atoms with Crippen molar-refractivity contribution in [1.82, 2.24) is 10.2 Å². The summed E-state index contributed by atoms with van der Waals surface area (Å²) in [5.74, 6) is -0.606. The van der Waals surface area contributed by atoms with E-state index in [1.165, 1.54) is 18.2 Å². The SMILES string of the molecule is O=C(Cc1n[nH]c(=O)c2ccccc12)Nc1ccccc1OCC(F)(F)F. The predicted molar refractivity (Wildman–Crippen MR) is 92.7 cm³/mol. The lowest BCUT2D eigenvalue weighted by molar-refractivity contribution is -0.153. The molecule has 0 radical (unpaired) electrons. The van der Waals surface area contributed by atoms with E-state index in [0.717, 1.165) is 0 Å². The average molecular weight is 377 g/mol. The summed E-state index contributed by atoms with van der Waals surface area (Å²) in [6, 6.07) is 12.5. The number of carbonyl (C=O) groups is 1. The third-order valence-corrected chi connectivity index (χ3v) is 3.66. The molecule has 0 fully saturated rings. The fraction of sp³-hybridized carbons (Fsp3) is 0.167. The number of anilines is 1. The van der Waals surface area contributed by atoms with Crippen molar-refractivity contribution in [3.05, 3.63) is 64.6 Å². The van der Waals surface area contributed by atoms with Crippen molar-refractivity contribution in [2.45, 2.75) is 12.6 Å². The topological polar surface area (TPSA) is 84.1 Å². The van der Waals surface area contributed by atoms with Crippen LogP contribution in [0.4, 0.5) is 18.9 Å². The van der Waals surface area contributed by atoms with Gasteiger partial charge in [-0.05, 0) is 18.2 Å². The third-order valence-electron chi connectivity index (χ3n) is 3.66. The maximum atomic E-state index is 12.4. The number of aromatic amines is 1. The van der Waals surface area contributed by atoms with Crippen LogP contribution in [-0.2, 0) is 11.2 Å². The molecule has 1 amide bonds. The standard InChI is InChI=1S/C18H14F3N3O3/c19-18(20,21)10-27-15-8-4-3-7-13(15)22-16(25)9-14-11-5-1-2-6-12(11)17(26)24-23-14/h1-8H,9-10H2,(H,22,25)(H,24,26). The molecule has 0 atom stereocenters. The number of carbonyl (C=O) groups excluding carboxylic acids is 1. The van der Waals surface area contributed by atoms with E-state index >= 15 is 0 Å². The summed E-state index contributed by atoms with van der Waals surface area (Å²) in [7, 11) is 0. The molecule has 1 heterocycles. The lowest BCUT2D eigenvalue weighted by atomic mass is 10.1. The average Bonchev–Trinajstić information content (AvgIpc) is 2.63. The Morgan fingerprint density at radius 3 is 2.48 bits per heavy atom. The summed E-state index contributed by atoms with van der Waals surface area (Å²) in [6.07, 6.45) is -4.67. The number of hydrogen-bond acceptors (Lipinski definition) is 4. The van der Waals surface area contributed by atoms with Gasteiger partial charge in [-0.15, -0.1) is 0 Å². The summed E-state index contributed by atoms with van der Waals surface area (Å²) in [5.41, 5.74) is 0.0810. The van der Waals surface area contributed by atoms with Gasteiger partial charge in [-0.1, -0.05) is 30.3 Å². The fourth-order valence-electron chi connectivity index (χ4n) is 2.51. The summed E-state index contributed by atoms with van der Waals surface area (Å²) in [5, 5.41) is 9.66. The number of H-pyrrole nitrogens is 1. The molecule has 0 aliphatic rings. The Labute approximate surface area is 151 Å². The molecule has 2 aromatic carbocycles. The second kappa shape index (κ2) is 7.48. The number of aromatic nitrogens is 2. The number of halogens is 3. The van der Waals surface area contributed by atoms with Crippen LogP contribution in [0.5, 0.6) is 5.75 Å². The lowest BCUT2D eigenvalue weighted by Gasteiger charge is -2.14. The van der Waals surface area contributed by atoms with Gasteiger partial charge in [0.15, 0.2) is 6.61 Å². The van der Waals surface area contributed by atoms with Crippen molar-refractivity contribution >= 4 is 22.4 Å². The summed E-state index contributed by atoms with van der Waals surface area (Å²) >= 11 is 0. The molecule has 27 heavy (non-hydrogen) atoms. The number of nitrogens with zero attached hydrogens (tertiary/aromatic N) is 1. The second-order valence-electron chi connectivity index (χ2n) is 5.67. The Kier molecular flexibility index (Phi) is 5.11. The largest absolute Gasteiger partial charge is 0.482 e. The number of amides is 1. The number of rotatable bonds is 5.